The van der Waals surface area contributed by atoms with E-state index in [4.69, 9.17) is 30.8 Å². The number of esters is 1. The molecule has 7 heteroatoms. The fraction of sp³-hybridized carbons (Fsp3) is 0.407. The number of hydrogen-bond acceptors (Lipinski definition) is 6. The summed E-state index contributed by atoms with van der Waals surface area (Å²) in [7, 11) is 0. The number of aromatic nitrogens is 1. The lowest BCUT2D eigenvalue weighted by atomic mass is 9.88. The van der Waals surface area contributed by atoms with Crippen molar-refractivity contribution in [3.63, 3.8) is 0 Å². The van der Waals surface area contributed by atoms with Crippen LogP contribution in [-0.2, 0) is 14.3 Å². The minimum atomic E-state index is -0.933. The molecule has 0 saturated heterocycles. The third kappa shape index (κ3) is 4.70. The summed E-state index contributed by atoms with van der Waals surface area (Å²) >= 11 is 6.98. The van der Waals surface area contributed by atoms with Crippen LogP contribution in [0.4, 0.5) is 5.69 Å². The molecular weight excluding hydrogens is 452 g/mol. The maximum Gasteiger partial charge on any atom is 0.339 e. The first-order chi connectivity index (χ1) is 16.1. The molecule has 0 bridgehead atoms. The largest absolute Gasteiger partial charge is 0.490 e. The summed E-state index contributed by atoms with van der Waals surface area (Å²) in [4.78, 5) is 18.0. The van der Waals surface area contributed by atoms with E-state index in [0.717, 1.165) is 44.5 Å². The number of aryl methyl sites for hydroxylation is 2. The van der Waals surface area contributed by atoms with Gasteiger partial charge in [-0.2, -0.15) is 0 Å². The van der Waals surface area contributed by atoms with E-state index in [1.165, 1.54) is 0 Å². The second-order valence-corrected chi connectivity index (χ2v) is 9.82. The van der Waals surface area contributed by atoms with Crippen molar-refractivity contribution in [2.45, 2.75) is 53.2 Å². The average molecular weight is 483 g/mol. The summed E-state index contributed by atoms with van der Waals surface area (Å²) in [5.74, 6) is 0.275. The Bertz CT molecular complexity index is 1250. The van der Waals surface area contributed by atoms with Crippen LogP contribution >= 0.6 is 11.6 Å². The molecule has 6 nitrogen and oxygen atoms in total. The summed E-state index contributed by atoms with van der Waals surface area (Å²) in [5, 5.41) is 4.76. The minimum Gasteiger partial charge on any atom is -0.490 e. The van der Waals surface area contributed by atoms with Crippen molar-refractivity contribution in [2.24, 2.45) is 0 Å². The zero-order valence-electron chi connectivity index (χ0n) is 20.5. The number of carbonyl (C=O) groups excluding carboxylic acids is 1. The zero-order valence-corrected chi connectivity index (χ0v) is 21.3. The second-order valence-electron chi connectivity index (χ2n) is 9.44. The molecule has 1 aromatic heterocycles. The molecule has 4 rings (SSSR count). The molecule has 34 heavy (non-hydrogen) atoms. The molecule has 0 fully saturated rings. The quantitative estimate of drug-likeness (QED) is 0.424. The van der Waals surface area contributed by atoms with Gasteiger partial charge < -0.3 is 19.5 Å². The van der Waals surface area contributed by atoms with Gasteiger partial charge >= 0.3 is 5.97 Å². The van der Waals surface area contributed by atoms with Crippen LogP contribution in [0, 0.1) is 13.8 Å². The summed E-state index contributed by atoms with van der Waals surface area (Å²) in [6, 6.07) is 9.82. The molecule has 180 valence electrons. The second kappa shape index (κ2) is 9.43. The van der Waals surface area contributed by atoms with Crippen molar-refractivity contribution >= 4 is 34.2 Å². The molecule has 1 aliphatic heterocycles. The van der Waals surface area contributed by atoms with E-state index in [1.807, 2.05) is 65.0 Å². The Morgan fingerprint density at radius 3 is 2.71 bits per heavy atom. The first kappa shape index (κ1) is 24.3. The Morgan fingerprint density at radius 2 is 2.00 bits per heavy atom. The van der Waals surface area contributed by atoms with E-state index in [1.54, 1.807) is 6.92 Å². The number of rotatable bonds is 5. The third-order valence-corrected chi connectivity index (χ3v) is 6.04. The number of carbonyl (C=O) groups is 1. The monoisotopic (exact) mass is 482 g/mol. The van der Waals surface area contributed by atoms with Crippen LogP contribution in [-0.4, -0.2) is 36.3 Å². The van der Waals surface area contributed by atoms with Gasteiger partial charge in [-0.3, -0.25) is 4.98 Å². The fourth-order valence-corrected chi connectivity index (χ4v) is 4.64. The van der Waals surface area contributed by atoms with Crippen molar-refractivity contribution in [2.75, 3.05) is 25.1 Å². The van der Waals surface area contributed by atoms with Gasteiger partial charge in [0.1, 0.15) is 12.4 Å². The Kier molecular flexibility index (Phi) is 6.74. The number of anilines is 1. The highest BCUT2D eigenvalue weighted by atomic mass is 35.5. The van der Waals surface area contributed by atoms with E-state index in [2.05, 4.69) is 5.32 Å². The van der Waals surface area contributed by atoms with Gasteiger partial charge in [-0.05, 0) is 76.9 Å². The SMILES string of the molecule is CCOC(=O)C(OC(C)(C)C)c1c(C)cc2nc(C)ccc2c1-c1ccc2c(c1Cl)NCCO2. The van der Waals surface area contributed by atoms with Crippen LogP contribution in [0.3, 0.4) is 0 Å². The smallest absolute Gasteiger partial charge is 0.339 e. The van der Waals surface area contributed by atoms with Crippen LogP contribution in [0.25, 0.3) is 22.0 Å². The Labute approximate surface area is 205 Å². The molecule has 2 heterocycles. The number of fused-ring (bicyclic) bond motifs is 2. The molecule has 0 aliphatic carbocycles. The highest BCUT2D eigenvalue weighted by Crippen LogP contribution is 2.47. The first-order valence-corrected chi connectivity index (χ1v) is 11.9. The van der Waals surface area contributed by atoms with E-state index < -0.39 is 17.7 Å². The number of ether oxygens (including phenoxy) is 3. The highest BCUT2D eigenvalue weighted by Gasteiger charge is 2.34. The number of nitrogens with one attached hydrogen (secondary N) is 1. The summed E-state index contributed by atoms with van der Waals surface area (Å²) in [6.07, 6.45) is -0.933. The van der Waals surface area contributed by atoms with Crippen molar-refractivity contribution in [1.29, 1.82) is 0 Å². The van der Waals surface area contributed by atoms with E-state index in [9.17, 15) is 4.79 Å². The summed E-state index contributed by atoms with van der Waals surface area (Å²) < 4.78 is 17.6. The zero-order chi connectivity index (χ0) is 24.6. The standard InChI is InChI=1S/C27H31ClN2O4/c1-7-32-26(31)25(34-27(4,5)6)21-15(2)14-19-17(9-8-16(3)30-19)22(21)18-10-11-20-24(23(18)28)29-12-13-33-20/h8-11,14,25,29H,7,12-13H2,1-6H3. The molecule has 2 aromatic carbocycles. The molecular formula is C27H31ClN2O4. The molecule has 0 radical (unpaired) electrons. The van der Waals surface area contributed by atoms with Gasteiger partial charge in [0.25, 0.3) is 0 Å². The van der Waals surface area contributed by atoms with Crippen LogP contribution in [0.2, 0.25) is 5.02 Å². The van der Waals surface area contributed by atoms with Gasteiger partial charge in [-0.25, -0.2) is 4.79 Å². The molecule has 1 N–H and O–H groups in total. The Hall–Kier alpha value is -2.83. The third-order valence-electron chi connectivity index (χ3n) is 5.65. The van der Waals surface area contributed by atoms with Crippen LogP contribution in [0.5, 0.6) is 5.75 Å². The molecule has 3 aromatic rings. The van der Waals surface area contributed by atoms with Crippen molar-refractivity contribution in [3.8, 4) is 16.9 Å². The molecule has 0 spiro atoms. The number of benzene rings is 2. The molecule has 1 aliphatic rings. The van der Waals surface area contributed by atoms with Gasteiger partial charge in [-0.15, -0.1) is 0 Å². The van der Waals surface area contributed by atoms with Crippen molar-refractivity contribution in [1.82, 2.24) is 4.98 Å². The van der Waals surface area contributed by atoms with Crippen molar-refractivity contribution in [3.05, 3.63) is 52.2 Å². The van der Waals surface area contributed by atoms with Gasteiger partial charge in [0.2, 0.25) is 0 Å². The molecule has 0 amide bonds. The normalized spacial score (nSPS) is 14.2. The van der Waals surface area contributed by atoms with Gasteiger partial charge in [0, 0.05) is 28.8 Å². The van der Waals surface area contributed by atoms with E-state index in [0.29, 0.717) is 23.9 Å². The lowest BCUT2D eigenvalue weighted by molar-refractivity contribution is -0.166. The van der Waals surface area contributed by atoms with Gasteiger partial charge in [0.05, 0.1) is 28.4 Å². The molecule has 0 saturated carbocycles. The topological polar surface area (TPSA) is 69.7 Å². The fourth-order valence-electron chi connectivity index (χ4n) is 4.32. The van der Waals surface area contributed by atoms with Crippen molar-refractivity contribution < 1.29 is 19.0 Å². The predicted molar refractivity (Wildman–Crippen MR) is 136 cm³/mol. The van der Waals surface area contributed by atoms with Crippen LogP contribution in [0.1, 0.15) is 50.6 Å². The van der Waals surface area contributed by atoms with E-state index >= 15 is 0 Å². The van der Waals surface area contributed by atoms with Gasteiger partial charge in [-0.1, -0.05) is 17.7 Å². The summed E-state index contributed by atoms with van der Waals surface area (Å²) in [6.45, 7) is 13.0. The lowest BCUT2D eigenvalue weighted by Gasteiger charge is -2.30. The van der Waals surface area contributed by atoms with Gasteiger partial charge in [0.15, 0.2) is 6.10 Å². The first-order valence-electron chi connectivity index (χ1n) is 11.6. The number of halogens is 1. The maximum absolute atomic E-state index is 13.2. The number of nitrogens with zero attached hydrogens (tertiary/aromatic N) is 1. The predicted octanol–water partition coefficient (Wildman–Crippen LogP) is 6.40. The Morgan fingerprint density at radius 1 is 1.24 bits per heavy atom. The Balaban J connectivity index is 2.07. The van der Waals surface area contributed by atoms with Crippen LogP contribution < -0.4 is 10.1 Å². The highest BCUT2D eigenvalue weighted by molar-refractivity contribution is 6.37. The summed E-state index contributed by atoms with van der Waals surface area (Å²) in [5.41, 5.74) is 5.08. The average Bonchev–Trinajstić information content (AvgIpc) is 2.77. The minimum absolute atomic E-state index is 0.256. The van der Waals surface area contributed by atoms with Crippen LogP contribution in [0.15, 0.2) is 30.3 Å². The maximum atomic E-state index is 13.2. The lowest BCUT2D eigenvalue weighted by Crippen LogP contribution is -2.29. The van der Waals surface area contributed by atoms with E-state index in [-0.39, 0.29) is 6.61 Å². The number of pyridine rings is 1. The molecule has 1 atom stereocenters. The molecule has 1 unspecified atom stereocenters. The number of hydrogen-bond donors (Lipinski definition) is 1.